The number of fused-ring (bicyclic) bond motifs is 1. The van der Waals surface area contributed by atoms with Gasteiger partial charge in [-0.1, -0.05) is 0 Å². The van der Waals surface area contributed by atoms with Crippen LogP contribution in [0.3, 0.4) is 0 Å². The van der Waals surface area contributed by atoms with Gasteiger partial charge in [0, 0.05) is 37.1 Å². The Morgan fingerprint density at radius 2 is 2.23 bits per heavy atom. The van der Waals surface area contributed by atoms with Crippen LogP contribution in [-0.2, 0) is 11.3 Å². The van der Waals surface area contributed by atoms with Gasteiger partial charge in [-0.3, -0.25) is 14.6 Å². The fourth-order valence-corrected chi connectivity index (χ4v) is 4.42. The summed E-state index contributed by atoms with van der Waals surface area (Å²) in [6.07, 6.45) is 3.11. The molecule has 2 aromatic heterocycles. The molecule has 7 nitrogen and oxygen atoms in total. The molecule has 4 rings (SSSR count). The van der Waals surface area contributed by atoms with Gasteiger partial charge in [0.25, 0.3) is 5.91 Å². The second-order valence-corrected chi connectivity index (χ2v) is 7.79. The molecule has 2 aromatic rings. The zero-order valence-electron chi connectivity index (χ0n) is 14.7. The van der Waals surface area contributed by atoms with Crippen LogP contribution in [0.5, 0.6) is 5.75 Å². The summed E-state index contributed by atoms with van der Waals surface area (Å²) >= 11 is 1.60. The maximum absolute atomic E-state index is 12.8. The zero-order valence-corrected chi connectivity index (χ0v) is 15.5. The van der Waals surface area contributed by atoms with E-state index in [-0.39, 0.29) is 23.7 Å². The van der Waals surface area contributed by atoms with Crippen molar-refractivity contribution in [3.63, 3.8) is 0 Å². The summed E-state index contributed by atoms with van der Waals surface area (Å²) < 4.78 is 5.24. The standard InChI is InChI=1S/C18H20N4O3S/c1-11-20-13(10-26-11)8-21-6-12-7-22(9-15(12)18(21)24)17(23)14-3-4-19-5-16(14)25-2/h3-5,10,12,15H,6-9H2,1-2H3/t12-,15+/m1/s1. The number of hydrogen-bond donors (Lipinski definition) is 0. The maximum Gasteiger partial charge on any atom is 0.257 e. The van der Waals surface area contributed by atoms with Gasteiger partial charge in [0.05, 0.1) is 42.0 Å². The fourth-order valence-electron chi connectivity index (χ4n) is 3.82. The Bertz CT molecular complexity index is 852. The van der Waals surface area contributed by atoms with Gasteiger partial charge in [-0.25, -0.2) is 4.98 Å². The lowest BCUT2D eigenvalue weighted by molar-refractivity contribution is -0.131. The van der Waals surface area contributed by atoms with Gasteiger partial charge >= 0.3 is 0 Å². The molecule has 0 saturated carbocycles. The number of amides is 2. The highest BCUT2D eigenvalue weighted by atomic mass is 32.1. The number of aromatic nitrogens is 2. The number of hydrogen-bond acceptors (Lipinski definition) is 6. The van der Waals surface area contributed by atoms with E-state index < -0.39 is 0 Å². The fraction of sp³-hybridized carbons (Fsp3) is 0.444. The Morgan fingerprint density at radius 3 is 2.92 bits per heavy atom. The van der Waals surface area contributed by atoms with Crippen LogP contribution in [0.2, 0.25) is 0 Å². The number of methoxy groups -OCH3 is 1. The van der Waals surface area contributed by atoms with Gasteiger partial charge in [-0.05, 0) is 13.0 Å². The summed E-state index contributed by atoms with van der Waals surface area (Å²) in [4.78, 5) is 37.6. The van der Waals surface area contributed by atoms with Crippen molar-refractivity contribution in [1.29, 1.82) is 0 Å². The van der Waals surface area contributed by atoms with E-state index in [4.69, 9.17) is 4.74 Å². The SMILES string of the molecule is COc1cnccc1C(=O)N1C[C@H]2CN(Cc3csc(C)n3)C(=O)[C@H]2C1. The van der Waals surface area contributed by atoms with Crippen LogP contribution in [0.25, 0.3) is 0 Å². The molecule has 0 unspecified atom stereocenters. The Labute approximate surface area is 155 Å². The summed E-state index contributed by atoms with van der Waals surface area (Å²) in [5.74, 6) is 0.540. The first kappa shape index (κ1) is 17.0. The highest BCUT2D eigenvalue weighted by Gasteiger charge is 2.47. The first-order chi connectivity index (χ1) is 12.6. The predicted octanol–water partition coefficient (Wildman–Crippen LogP) is 1.59. The molecule has 0 bridgehead atoms. The number of carbonyl (C=O) groups is 2. The third kappa shape index (κ3) is 2.94. The van der Waals surface area contributed by atoms with Crippen LogP contribution in [0.1, 0.15) is 21.1 Å². The van der Waals surface area contributed by atoms with Crippen molar-refractivity contribution in [2.75, 3.05) is 26.7 Å². The number of rotatable bonds is 4. The van der Waals surface area contributed by atoms with Gasteiger partial charge in [0.2, 0.25) is 5.91 Å². The van der Waals surface area contributed by atoms with E-state index in [1.807, 2.05) is 17.2 Å². The lowest BCUT2D eigenvalue weighted by atomic mass is 10.0. The molecule has 4 heterocycles. The van der Waals surface area contributed by atoms with Crippen molar-refractivity contribution < 1.29 is 14.3 Å². The summed E-state index contributed by atoms with van der Waals surface area (Å²) in [7, 11) is 1.52. The molecular weight excluding hydrogens is 352 g/mol. The van der Waals surface area contributed by atoms with Crippen LogP contribution < -0.4 is 4.74 Å². The van der Waals surface area contributed by atoms with Crippen LogP contribution >= 0.6 is 11.3 Å². The van der Waals surface area contributed by atoms with E-state index >= 15 is 0 Å². The molecule has 0 radical (unpaired) electrons. The van der Waals surface area contributed by atoms with Crippen molar-refractivity contribution >= 4 is 23.2 Å². The van der Waals surface area contributed by atoms with Crippen LogP contribution in [0.4, 0.5) is 0 Å². The number of carbonyl (C=O) groups excluding carboxylic acids is 2. The van der Waals surface area contributed by atoms with Crippen LogP contribution in [0, 0.1) is 18.8 Å². The summed E-state index contributed by atoms with van der Waals surface area (Å²) in [6.45, 7) is 4.25. The largest absolute Gasteiger partial charge is 0.494 e. The molecule has 136 valence electrons. The van der Waals surface area contributed by atoms with Gasteiger partial charge in [-0.15, -0.1) is 11.3 Å². The first-order valence-electron chi connectivity index (χ1n) is 8.54. The number of nitrogens with zero attached hydrogens (tertiary/aromatic N) is 4. The van der Waals surface area contributed by atoms with E-state index in [0.717, 1.165) is 10.7 Å². The van der Waals surface area contributed by atoms with E-state index in [9.17, 15) is 9.59 Å². The average Bonchev–Trinajstić information content (AvgIpc) is 3.32. The molecule has 0 N–H and O–H groups in total. The van der Waals surface area contributed by atoms with Gasteiger partial charge < -0.3 is 14.5 Å². The van der Waals surface area contributed by atoms with Crippen molar-refractivity contribution in [2.24, 2.45) is 11.8 Å². The van der Waals surface area contributed by atoms with Crippen molar-refractivity contribution in [3.8, 4) is 5.75 Å². The molecule has 26 heavy (non-hydrogen) atoms. The minimum Gasteiger partial charge on any atom is -0.494 e. The minimum atomic E-state index is -0.119. The van der Waals surface area contributed by atoms with E-state index in [2.05, 4.69) is 9.97 Å². The molecule has 2 saturated heterocycles. The molecule has 8 heteroatoms. The third-order valence-electron chi connectivity index (χ3n) is 5.07. The number of thiazole rings is 1. The average molecular weight is 372 g/mol. The molecule has 2 aliphatic rings. The van der Waals surface area contributed by atoms with Crippen molar-refractivity contribution in [2.45, 2.75) is 13.5 Å². The number of pyridine rings is 1. The number of ether oxygens (including phenoxy) is 1. The first-order valence-corrected chi connectivity index (χ1v) is 9.42. The van der Waals surface area contributed by atoms with Crippen LogP contribution in [0.15, 0.2) is 23.8 Å². The second kappa shape index (κ2) is 6.68. The van der Waals surface area contributed by atoms with Crippen LogP contribution in [-0.4, -0.2) is 58.3 Å². The molecule has 2 amide bonds. The lowest BCUT2D eigenvalue weighted by Gasteiger charge is -2.22. The molecule has 0 spiro atoms. The normalized spacial score (nSPS) is 22.0. The predicted molar refractivity (Wildman–Crippen MR) is 95.9 cm³/mol. The van der Waals surface area contributed by atoms with Crippen molar-refractivity contribution in [3.05, 3.63) is 40.1 Å². The summed E-state index contributed by atoms with van der Waals surface area (Å²) in [5, 5.41) is 3.01. The summed E-state index contributed by atoms with van der Waals surface area (Å²) in [5.41, 5.74) is 1.43. The summed E-state index contributed by atoms with van der Waals surface area (Å²) in [6, 6.07) is 1.66. The Kier molecular flexibility index (Phi) is 4.36. The third-order valence-corrected chi connectivity index (χ3v) is 5.89. The molecule has 0 aromatic carbocycles. The smallest absolute Gasteiger partial charge is 0.257 e. The minimum absolute atomic E-state index is 0.104. The molecule has 0 aliphatic carbocycles. The molecule has 2 aliphatic heterocycles. The van der Waals surface area contributed by atoms with Crippen molar-refractivity contribution in [1.82, 2.24) is 19.8 Å². The lowest BCUT2D eigenvalue weighted by Crippen LogP contribution is -2.35. The Balaban J connectivity index is 1.44. The number of likely N-dealkylation sites (tertiary alicyclic amines) is 2. The highest BCUT2D eigenvalue weighted by Crippen LogP contribution is 2.34. The highest BCUT2D eigenvalue weighted by molar-refractivity contribution is 7.09. The molecular formula is C18H20N4O3S. The molecule has 2 fully saturated rings. The zero-order chi connectivity index (χ0) is 18.3. The molecule has 2 atom stereocenters. The Hall–Kier alpha value is -2.48. The maximum atomic E-state index is 12.8. The van der Waals surface area contributed by atoms with Gasteiger partial charge in [0.15, 0.2) is 0 Å². The number of aryl methyl sites for hydroxylation is 1. The quantitative estimate of drug-likeness (QED) is 0.815. The van der Waals surface area contributed by atoms with E-state index in [0.29, 0.717) is 37.5 Å². The Morgan fingerprint density at radius 1 is 1.38 bits per heavy atom. The van der Waals surface area contributed by atoms with Gasteiger partial charge in [0.1, 0.15) is 5.75 Å². The topological polar surface area (TPSA) is 75.6 Å². The van der Waals surface area contributed by atoms with E-state index in [1.54, 1.807) is 28.5 Å². The second-order valence-electron chi connectivity index (χ2n) is 6.73. The van der Waals surface area contributed by atoms with Gasteiger partial charge in [-0.2, -0.15) is 0 Å². The monoisotopic (exact) mass is 372 g/mol. The van der Waals surface area contributed by atoms with E-state index in [1.165, 1.54) is 13.3 Å².